The minimum absolute atomic E-state index is 0.0785. The summed E-state index contributed by atoms with van der Waals surface area (Å²) in [5.74, 6) is 1.40. The molecule has 22 heavy (non-hydrogen) atoms. The monoisotopic (exact) mass is 325 g/mol. The van der Waals surface area contributed by atoms with Crippen LogP contribution in [0.5, 0.6) is 0 Å². The van der Waals surface area contributed by atoms with Gasteiger partial charge in [0.05, 0.1) is 6.04 Å². The van der Waals surface area contributed by atoms with E-state index in [1.807, 2.05) is 20.8 Å². The summed E-state index contributed by atoms with van der Waals surface area (Å²) in [5, 5.41) is 3.99. The van der Waals surface area contributed by atoms with Crippen molar-refractivity contribution in [3.8, 4) is 0 Å². The summed E-state index contributed by atoms with van der Waals surface area (Å²) in [4.78, 5) is 21.2. The van der Waals surface area contributed by atoms with E-state index in [1.165, 1.54) is 11.5 Å². The number of carbonyl (C=O) groups excluding carboxylic acids is 1. The number of nitrogens with zero attached hydrogens (tertiary/aromatic N) is 4. The second kappa shape index (κ2) is 7.37. The zero-order chi connectivity index (χ0) is 16.3. The third-order valence-electron chi connectivity index (χ3n) is 3.89. The largest absolute Gasteiger partial charge is 0.353 e. The van der Waals surface area contributed by atoms with Crippen LogP contribution in [0.25, 0.3) is 0 Å². The minimum atomic E-state index is -0.0785. The summed E-state index contributed by atoms with van der Waals surface area (Å²) in [7, 11) is 0. The van der Waals surface area contributed by atoms with Crippen LogP contribution in [0.1, 0.15) is 46.4 Å². The molecule has 1 aliphatic rings. The molecule has 0 aliphatic carbocycles. The van der Waals surface area contributed by atoms with E-state index in [4.69, 9.17) is 0 Å². The number of nitrogens with one attached hydrogen (secondary N) is 1. The maximum atomic E-state index is 12.1. The molecule has 2 rings (SSSR count). The maximum Gasteiger partial charge on any atom is 0.237 e. The summed E-state index contributed by atoms with van der Waals surface area (Å²) >= 11 is 1.48. The highest BCUT2D eigenvalue weighted by Gasteiger charge is 2.27. The Balaban J connectivity index is 1.88. The lowest BCUT2D eigenvalue weighted by molar-refractivity contribution is -0.126. The molecular weight excluding hydrogens is 298 g/mol. The van der Waals surface area contributed by atoms with Crippen LogP contribution < -0.4 is 10.2 Å². The van der Waals surface area contributed by atoms with Gasteiger partial charge in [-0.3, -0.25) is 9.69 Å². The molecule has 1 amide bonds. The molecular formula is C15H27N5OS. The highest BCUT2D eigenvalue weighted by Crippen LogP contribution is 2.22. The summed E-state index contributed by atoms with van der Waals surface area (Å²) in [6, 6.07) is 0.109. The van der Waals surface area contributed by atoms with E-state index >= 15 is 0 Å². The van der Waals surface area contributed by atoms with Crippen molar-refractivity contribution in [2.45, 2.75) is 52.6 Å². The van der Waals surface area contributed by atoms with Crippen LogP contribution >= 0.6 is 11.5 Å². The van der Waals surface area contributed by atoms with E-state index < -0.39 is 0 Å². The van der Waals surface area contributed by atoms with Gasteiger partial charge in [0.25, 0.3) is 0 Å². The maximum absolute atomic E-state index is 12.1. The lowest BCUT2D eigenvalue weighted by Gasteiger charge is -2.37. The second-order valence-corrected chi connectivity index (χ2v) is 7.18. The highest BCUT2D eigenvalue weighted by atomic mass is 32.1. The van der Waals surface area contributed by atoms with Crippen LogP contribution in [0.4, 0.5) is 5.13 Å². The van der Waals surface area contributed by atoms with Crippen molar-refractivity contribution in [3.63, 3.8) is 0 Å². The smallest absolute Gasteiger partial charge is 0.237 e. The Kier molecular flexibility index (Phi) is 5.74. The molecule has 7 heteroatoms. The van der Waals surface area contributed by atoms with Gasteiger partial charge in [-0.2, -0.15) is 4.37 Å². The first-order valence-corrected chi connectivity index (χ1v) is 8.78. The highest BCUT2D eigenvalue weighted by molar-refractivity contribution is 7.09. The molecule has 0 bridgehead atoms. The first-order chi connectivity index (χ1) is 10.4. The van der Waals surface area contributed by atoms with Gasteiger partial charge < -0.3 is 10.2 Å². The molecule has 2 heterocycles. The van der Waals surface area contributed by atoms with Gasteiger partial charge in [-0.1, -0.05) is 13.8 Å². The van der Waals surface area contributed by atoms with Crippen molar-refractivity contribution < 1.29 is 4.79 Å². The lowest BCUT2D eigenvalue weighted by atomic mass is 10.2. The molecule has 0 aromatic carbocycles. The number of hydrogen-bond acceptors (Lipinski definition) is 6. The Morgan fingerprint density at radius 1 is 1.14 bits per heavy atom. The lowest BCUT2D eigenvalue weighted by Crippen LogP contribution is -2.54. The van der Waals surface area contributed by atoms with Gasteiger partial charge in [0, 0.05) is 49.7 Å². The number of piperazine rings is 1. The van der Waals surface area contributed by atoms with E-state index in [2.05, 4.69) is 38.3 Å². The number of rotatable bonds is 5. The van der Waals surface area contributed by atoms with Gasteiger partial charge >= 0.3 is 0 Å². The number of anilines is 1. The SMILES string of the molecule is CC(C)NC(=O)C(C)N1CCN(c2nc(C(C)C)ns2)CC1. The summed E-state index contributed by atoms with van der Waals surface area (Å²) < 4.78 is 4.42. The molecule has 1 aromatic heterocycles. The predicted molar refractivity (Wildman–Crippen MR) is 90.5 cm³/mol. The van der Waals surface area contributed by atoms with Crippen LogP contribution in [0.15, 0.2) is 0 Å². The molecule has 1 unspecified atom stereocenters. The summed E-state index contributed by atoms with van der Waals surface area (Å²) in [6.07, 6.45) is 0. The molecule has 1 N–H and O–H groups in total. The minimum Gasteiger partial charge on any atom is -0.353 e. The van der Waals surface area contributed by atoms with Gasteiger partial charge in [0.2, 0.25) is 11.0 Å². The van der Waals surface area contributed by atoms with Crippen molar-refractivity contribution in [1.29, 1.82) is 0 Å². The van der Waals surface area contributed by atoms with Crippen molar-refractivity contribution >= 4 is 22.6 Å². The van der Waals surface area contributed by atoms with Crippen LogP contribution in [-0.4, -0.2) is 58.4 Å². The van der Waals surface area contributed by atoms with Gasteiger partial charge in [0.1, 0.15) is 5.82 Å². The average Bonchev–Trinajstić information content (AvgIpc) is 2.96. The van der Waals surface area contributed by atoms with Crippen molar-refractivity contribution in [2.24, 2.45) is 0 Å². The van der Waals surface area contributed by atoms with E-state index in [9.17, 15) is 4.79 Å². The Morgan fingerprint density at radius 3 is 2.27 bits per heavy atom. The zero-order valence-electron chi connectivity index (χ0n) is 14.2. The topological polar surface area (TPSA) is 61.4 Å². The fourth-order valence-electron chi connectivity index (χ4n) is 2.46. The van der Waals surface area contributed by atoms with Gasteiger partial charge in [-0.05, 0) is 20.8 Å². The number of aromatic nitrogens is 2. The first-order valence-electron chi connectivity index (χ1n) is 8.01. The van der Waals surface area contributed by atoms with Gasteiger partial charge in [-0.25, -0.2) is 4.98 Å². The quantitative estimate of drug-likeness (QED) is 0.893. The third kappa shape index (κ3) is 4.16. The van der Waals surface area contributed by atoms with Crippen LogP contribution in [0, 0.1) is 0 Å². The molecule has 0 saturated carbocycles. The van der Waals surface area contributed by atoms with Crippen molar-refractivity contribution in [1.82, 2.24) is 19.6 Å². The molecule has 6 nitrogen and oxygen atoms in total. The average molecular weight is 325 g/mol. The number of hydrogen-bond donors (Lipinski definition) is 1. The van der Waals surface area contributed by atoms with Gasteiger partial charge in [-0.15, -0.1) is 0 Å². The van der Waals surface area contributed by atoms with E-state index in [1.54, 1.807) is 0 Å². The normalized spacial score (nSPS) is 18.0. The third-order valence-corrected chi connectivity index (χ3v) is 4.68. The summed E-state index contributed by atoms with van der Waals surface area (Å²) in [5.41, 5.74) is 0. The fourth-order valence-corrected chi connectivity index (χ4v) is 3.32. The molecule has 1 aromatic rings. The van der Waals surface area contributed by atoms with E-state index in [0.29, 0.717) is 5.92 Å². The van der Waals surface area contributed by atoms with Crippen molar-refractivity contribution in [2.75, 3.05) is 31.1 Å². The predicted octanol–water partition coefficient (Wildman–Crippen LogP) is 1.70. The van der Waals surface area contributed by atoms with Crippen molar-refractivity contribution in [3.05, 3.63) is 5.82 Å². The Morgan fingerprint density at radius 2 is 1.77 bits per heavy atom. The molecule has 0 spiro atoms. The fraction of sp³-hybridized carbons (Fsp3) is 0.800. The Labute approximate surface area is 137 Å². The molecule has 124 valence electrons. The second-order valence-electron chi connectivity index (χ2n) is 6.45. The Hall–Kier alpha value is -1.21. The molecule has 1 saturated heterocycles. The zero-order valence-corrected chi connectivity index (χ0v) is 15.0. The molecule has 1 atom stereocenters. The van der Waals surface area contributed by atoms with Gasteiger partial charge in [0.15, 0.2) is 0 Å². The molecule has 1 fully saturated rings. The number of carbonyl (C=O) groups is 1. The first kappa shape index (κ1) is 17.1. The van der Waals surface area contributed by atoms with Crippen LogP contribution in [-0.2, 0) is 4.79 Å². The Bertz CT molecular complexity index is 494. The molecule has 1 aliphatic heterocycles. The summed E-state index contributed by atoms with van der Waals surface area (Å²) in [6.45, 7) is 13.7. The molecule has 0 radical (unpaired) electrons. The van der Waals surface area contributed by atoms with E-state index in [-0.39, 0.29) is 18.0 Å². The van der Waals surface area contributed by atoms with Crippen LogP contribution in [0.3, 0.4) is 0 Å². The standard InChI is InChI=1S/C15H27N5OS/c1-10(2)13-17-15(22-18-13)20-8-6-19(7-9-20)12(5)14(21)16-11(3)4/h10-12H,6-9H2,1-5H3,(H,16,21). The number of amides is 1. The van der Waals surface area contributed by atoms with Crippen LogP contribution in [0.2, 0.25) is 0 Å². The van der Waals surface area contributed by atoms with E-state index in [0.717, 1.165) is 37.1 Å².